The Bertz CT molecular complexity index is 994. The van der Waals surface area contributed by atoms with Crippen LogP contribution >= 0.6 is 0 Å². The Morgan fingerprint density at radius 2 is 1.35 bits per heavy atom. The summed E-state index contributed by atoms with van der Waals surface area (Å²) < 4.78 is 32.2. The highest BCUT2D eigenvalue weighted by Crippen LogP contribution is 2.22. The maximum Gasteiger partial charge on any atom is 0.338 e. The molecule has 0 aliphatic carbocycles. The highest BCUT2D eigenvalue weighted by atomic mass is 32.2. The van der Waals surface area contributed by atoms with Gasteiger partial charge in [-0.3, -0.25) is 9.10 Å². The Morgan fingerprint density at radius 1 is 0.839 bits per heavy atom. The molecule has 0 spiro atoms. The normalized spacial score (nSPS) is 12.5. The molecule has 0 aliphatic heterocycles. The highest BCUT2D eigenvalue weighted by Gasteiger charge is 2.28. The van der Waals surface area contributed by atoms with Crippen LogP contribution in [0.1, 0.15) is 45.0 Å². The lowest BCUT2D eigenvalue weighted by Gasteiger charge is -2.32. The first kappa shape index (κ1) is 24.4. The third-order valence-corrected chi connectivity index (χ3v) is 6.67. The fourth-order valence-corrected chi connectivity index (χ4v) is 4.49. The molecule has 1 amide bonds. The summed E-state index contributed by atoms with van der Waals surface area (Å²) in [6.07, 6.45) is -0.954. The predicted molar refractivity (Wildman–Crippen MR) is 120 cm³/mol. The smallest absolute Gasteiger partial charge is 0.338 e. The summed E-state index contributed by atoms with van der Waals surface area (Å²) in [4.78, 5) is 26.8. The van der Waals surface area contributed by atoms with Crippen LogP contribution in [-0.2, 0) is 19.6 Å². The number of hydrogen-bond donors (Lipinski definition) is 0. The minimum absolute atomic E-state index is 0.0280. The van der Waals surface area contributed by atoms with E-state index in [0.717, 1.165) is 0 Å². The Kier molecular flexibility index (Phi) is 7.84. The number of nitrogens with zero attached hydrogens (tertiary/aromatic N) is 2. The number of hydrogen-bond acceptors (Lipinski definition) is 5. The molecule has 0 bridgehead atoms. The number of benzene rings is 2. The molecular formula is C23H30N2O5S. The Morgan fingerprint density at radius 3 is 1.84 bits per heavy atom. The number of rotatable bonds is 8. The molecule has 0 heterocycles. The number of ether oxygens (including phenoxy) is 1. The van der Waals surface area contributed by atoms with E-state index in [4.69, 9.17) is 4.74 Å². The van der Waals surface area contributed by atoms with Gasteiger partial charge in [0.1, 0.15) is 0 Å². The lowest BCUT2D eigenvalue weighted by atomic mass is 10.2. The molecule has 0 saturated heterocycles. The van der Waals surface area contributed by atoms with Crippen molar-refractivity contribution in [1.82, 2.24) is 4.90 Å². The van der Waals surface area contributed by atoms with Crippen LogP contribution in [-0.4, -0.2) is 50.4 Å². The van der Waals surface area contributed by atoms with Gasteiger partial charge in [-0.15, -0.1) is 0 Å². The lowest BCUT2D eigenvalue weighted by Crippen LogP contribution is -2.47. The van der Waals surface area contributed by atoms with Gasteiger partial charge >= 0.3 is 5.97 Å². The summed E-state index contributed by atoms with van der Waals surface area (Å²) in [5, 5.41) is 0. The van der Waals surface area contributed by atoms with Crippen LogP contribution in [0, 0.1) is 0 Å². The monoisotopic (exact) mass is 446 g/mol. The summed E-state index contributed by atoms with van der Waals surface area (Å²) in [6, 6.07) is 14.1. The van der Waals surface area contributed by atoms with Gasteiger partial charge in [-0.2, -0.15) is 0 Å². The Balaban J connectivity index is 2.14. The first-order valence-corrected chi connectivity index (χ1v) is 11.6. The zero-order valence-electron chi connectivity index (χ0n) is 18.8. The van der Waals surface area contributed by atoms with Gasteiger partial charge in [0.25, 0.3) is 15.9 Å². The molecule has 2 aromatic rings. The second kappa shape index (κ2) is 9.96. The summed E-state index contributed by atoms with van der Waals surface area (Å²) in [5.41, 5.74) is 0.694. The quantitative estimate of drug-likeness (QED) is 0.577. The van der Waals surface area contributed by atoms with Crippen molar-refractivity contribution in [2.45, 2.75) is 57.7 Å². The number of carbonyl (C=O) groups is 2. The average molecular weight is 447 g/mol. The minimum atomic E-state index is -3.78. The van der Waals surface area contributed by atoms with Crippen molar-refractivity contribution in [2.75, 3.05) is 11.4 Å². The van der Waals surface area contributed by atoms with Gasteiger partial charge in [0.05, 0.1) is 16.1 Å². The van der Waals surface area contributed by atoms with Gasteiger partial charge in [-0.05, 0) is 71.0 Å². The molecule has 2 rings (SSSR count). The van der Waals surface area contributed by atoms with E-state index in [0.29, 0.717) is 5.69 Å². The standard InChI is InChI=1S/C23H30N2O5S/c1-16(2)25(17(3)4)22(26)18(5)30-23(27)19-12-14-21(15-13-19)31(28,29)24(6)20-10-8-7-9-11-20/h7-18H,1-6H3. The summed E-state index contributed by atoms with van der Waals surface area (Å²) in [7, 11) is -2.31. The molecule has 0 N–H and O–H groups in total. The van der Waals surface area contributed by atoms with Crippen LogP contribution in [0.25, 0.3) is 0 Å². The van der Waals surface area contributed by atoms with Crippen LogP contribution < -0.4 is 4.31 Å². The van der Waals surface area contributed by atoms with E-state index in [1.54, 1.807) is 35.2 Å². The van der Waals surface area contributed by atoms with Crippen molar-refractivity contribution in [3.8, 4) is 0 Å². The maximum absolute atomic E-state index is 12.8. The average Bonchev–Trinajstić information content (AvgIpc) is 2.73. The lowest BCUT2D eigenvalue weighted by molar-refractivity contribution is -0.143. The van der Waals surface area contributed by atoms with Crippen molar-refractivity contribution in [3.05, 3.63) is 60.2 Å². The molecule has 0 saturated carbocycles. The number of anilines is 1. The maximum atomic E-state index is 12.8. The van der Waals surface area contributed by atoms with Crippen LogP contribution in [0.4, 0.5) is 5.69 Å². The third kappa shape index (κ3) is 5.64. The number of esters is 1. The fourth-order valence-electron chi connectivity index (χ4n) is 3.29. The number of sulfonamides is 1. The van der Waals surface area contributed by atoms with Crippen LogP contribution in [0.3, 0.4) is 0 Å². The molecule has 0 aromatic heterocycles. The molecule has 2 aromatic carbocycles. The zero-order chi connectivity index (χ0) is 23.3. The predicted octanol–water partition coefficient (Wildman–Crippen LogP) is 3.70. The van der Waals surface area contributed by atoms with E-state index in [-0.39, 0.29) is 28.4 Å². The molecular weight excluding hydrogens is 416 g/mol. The third-order valence-electron chi connectivity index (χ3n) is 4.87. The fraction of sp³-hybridized carbons (Fsp3) is 0.391. The largest absolute Gasteiger partial charge is 0.449 e. The second-order valence-corrected chi connectivity index (χ2v) is 9.78. The topological polar surface area (TPSA) is 84.0 Å². The minimum Gasteiger partial charge on any atom is -0.449 e. The van der Waals surface area contributed by atoms with Gasteiger partial charge < -0.3 is 9.64 Å². The van der Waals surface area contributed by atoms with Crippen molar-refractivity contribution in [2.24, 2.45) is 0 Å². The van der Waals surface area contributed by atoms with Gasteiger partial charge in [0.2, 0.25) is 0 Å². The molecule has 0 radical (unpaired) electrons. The molecule has 8 heteroatoms. The second-order valence-electron chi connectivity index (χ2n) is 7.81. The van der Waals surface area contributed by atoms with Crippen LogP contribution in [0.15, 0.2) is 59.5 Å². The van der Waals surface area contributed by atoms with E-state index in [2.05, 4.69) is 0 Å². The summed E-state index contributed by atoms with van der Waals surface area (Å²) in [6.45, 7) is 9.14. The van der Waals surface area contributed by atoms with E-state index in [9.17, 15) is 18.0 Å². The summed E-state index contributed by atoms with van der Waals surface area (Å²) >= 11 is 0. The molecule has 1 unspecified atom stereocenters. The zero-order valence-corrected chi connectivity index (χ0v) is 19.6. The number of amides is 1. The van der Waals surface area contributed by atoms with E-state index < -0.39 is 22.1 Å². The molecule has 168 valence electrons. The Hall–Kier alpha value is -2.87. The van der Waals surface area contributed by atoms with Gasteiger partial charge in [-0.25, -0.2) is 13.2 Å². The molecule has 31 heavy (non-hydrogen) atoms. The van der Waals surface area contributed by atoms with Gasteiger partial charge in [0.15, 0.2) is 6.10 Å². The van der Waals surface area contributed by atoms with E-state index >= 15 is 0 Å². The van der Waals surface area contributed by atoms with Crippen molar-refractivity contribution < 1.29 is 22.7 Å². The van der Waals surface area contributed by atoms with E-state index in [1.807, 2.05) is 27.7 Å². The first-order chi connectivity index (χ1) is 14.5. The molecule has 7 nitrogen and oxygen atoms in total. The molecule has 0 fully saturated rings. The first-order valence-electron chi connectivity index (χ1n) is 10.1. The molecule has 0 aliphatic rings. The van der Waals surface area contributed by atoms with Crippen LogP contribution in [0.2, 0.25) is 0 Å². The van der Waals surface area contributed by atoms with E-state index in [1.165, 1.54) is 42.5 Å². The number of carbonyl (C=O) groups excluding carboxylic acids is 2. The van der Waals surface area contributed by atoms with Gasteiger partial charge in [0, 0.05) is 19.1 Å². The molecule has 1 atom stereocenters. The van der Waals surface area contributed by atoms with Crippen molar-refractivity contribution in [3.63, 3.8) is 0 Å². The SMILES string of the molecule is CC(OC(=O)c1ccc(S(=O)(=O)N(C)c2ccccc2)cc1)C(=O)N(C(C)C)C(C)C. The van der Waals surface area contributed by atoms with Crippen LogP contribution in [0.5, 0.6) is 0 Å². The summed E-state index contributed by atoms with van der Waals surface area (Å²) in [5.74, 6) is -0.962. The Labute approximate surface area is 184 Å². The number of para-hydroxylation sites is 1. The highest BCUT2D eigenvalue weighted by molar-refractivity contribution is 7.92. The van der Waals surface area contributed by atoms with Crippen molar-refractivity contribution in [1.29, 1.82) is 0 Å². The van der Waals surface area contributed by atoms with Gasteiger partial charge in [-0.1, -0.05) is 18.2 Å². The van der Waals surface area contributed by atoms with Crippen molar-refractivity contribution >= 4 is 27.6 Å².